The highest BCUT2D eigenvalue weighted by atomic mass is 16.2. The molecule has 0 aromatic heterocycles. The van der Waals surface area contributed by atoms with Crippen LogP contribution in [0.3, 0.4) is 0 Å². The van der Waals surface area contributed by atoms with Crippen LogP contribution in [0.5, 0.6) is 0 Å². The molecule has 1 N–H and O–H groups in total. The molecule has 0 atom stereocenters. The fraction of sp³-hybridized carbons (Fsp3) is 0.833. The maximum Gasteiger partial charge on any atom is 0.220 e. The Bertz CT molecular complexity index is 213. The topological polar surface area (TPSA) is 49.4 Å². The average molecular weight is 228 g/mol. The van der Waals surface area contributed by atoms with Crippen molar-refractivity contribution in [1.29, 1.82) is 0 Å². The summed E-state index contributed by atoms with van der Waals surface area (Å²) in [6.07, 6.45) is 1.63. The summed E-state index contributed by atoms with van der Waals surface area (Å²) >= 11 is 0. The highest BCUT2D eigenvalue weighted by molar-refractivity contribution is 5.83. The predicted molar refractivity (Wildman–Crippen MR) is 65.3 cm³/mol. The summed E-state index contributed by atoms with van der Waals surface area (Å²) in [6.45, 7) is 9.59. The Kier molecular flexibility index (Phi) is 8.81. The van der Waals surface area contributed by atoms with Gasteiger partial charge < -0.3 is 15.0 Å². The van der Waals surface area contributed by atoms with Gasteiger partial charge in [-0.3, -0.25) is 4.79 Å². The Labute approximate surface area is 98.4 Å². The van der Waals surface area contributed by atoms with Gasteiger partial charge in [0.25, 0.3) is 0 Å². The number of ketones is 1. The molecule has 4 nitrogen and oxygen atoms in total. The number of Topliss-reactive ketones (excluding diaryl/α,β-unsaturated/α-hetero) is 1. The zero-order valence-electron chi connectivity index (χ0n) is 10.7. The van der Waals surface area contributed by atoms with Gasteiger partial charge in [0, 0.05) is 19.4 Å². The summed E-state index contributed by atoms with van der Waals surface area (Å²) in [7, 11) is 0. The van der Waals surface area contributed by atoms with E-state index in [4.69, 9.17) is 0 Å². The second-order valence-corrected chi connectivity index (χ2v) is 3.93. The highest BCUT2D eigenvalue weighted by Crippen LogP contribution is 1.92. The van der Waals surface area contributed by atoms with Crippen molar-refractivity contribution < 1.29 is 9.59 Å². The van der Waals surface area contributed by atoms with Crippen LogP contribution in [0, 0.1) is 0 Å². The Balaban J connectivity index is 3.43. The Hall–Kier alpha value is -0.900. The number of carbonyl (C=O) groups excluding carboxylic acids is 2. The molecule has 0 saturated carbocycles. The van der Waals surface area contributed by atoms with Crippen LogP contribution < -0.4 is 5.32 Å². The number of carbonyl (C=O) groups is 2. The van der Waals surface area contributed by atoms with E-state index in [1.165, 1.54) is 6.92 Å². The number of nitrogens with zero attached hydrogens (tertiary/aromatic N) is 1. The van der Waals surface area contributed by atoms with E-state index in [9.17, 15) is 9.59 Å². The summed E-state index contributed by atoms with van der Waals surface area (Å²) in [6, 6.07) is 0. The molecule has 0 aromatic rings. The molecule has 0 unspecified atom stereocenters. The summed E-state index contributed by atoms with van der Waals surface area (Å²) in [4.78, 5) is 24.2. The molecule has 0 spiro atoms. The second kappa shape index (κ2) is 9.33. The minimum Gasteiger partial charge on any atom is -0.356 e. The molecule has 1 amide bonds. The number of nitrogens with one attached hydrogen (secondary N) is 1. The molecule has 4 heteroatoms. The van der Waals surface area contributed by atoms with Crippen molar-refractivity contribution >= 4 is 11.7 Å². The molecule has 0 aliphatic rings. The van der Waals surface area contributed by atoms with Crippen LogP contribution in [0.15, 0.2) is 0 Å². The van der Waals surface area contributed by atoms with Crippen molar-refractivity contribution in [2.75, 3.05) is 26.2 Å². The van der Waals surface area contributed by atoms with Gasteiger partial charge in [0.15, 0.2) is 0 Å². The SMILES string of the molecule is CCN(CC)CCCNC(=O)CCC(C)=O. The van der Waals surface area contributed by atoms with E-state index in [0.717, 1.165) is 26.1 Å². The molecular formula is C12H24N2O2. The molecule has 0 aliphatic carbocycles. The normalized spacial score (nSPS) is 10.5. The summed E-state index contributed by atoms with van der Waals surface area (Å²) in [5, 5.41) is 2.82. The van der Waals surface area contributed by atoms with Gasteiger partial charge in [-0.25, -0.2) is 0 Å². The highest BCUT2D eigenvalue weighted by Gasteiger charge is 2.03. The molecule has 0 bridgehead atoms. The van der Waals surface area contributed by atoms with Gasteiger partial charge in [-0.1, -0.05) is 13.8 Å². The quantitative estimate of drug-likeness (QED) is 0.603. The lowest BCUT2D eigenvalue weighted by atomic mass is 10.2. The summed E-state index contributed by atoms with van der Waals surface area (Å²) < 4.78 is 0. The first-order chi connectivity index (χ1) is 7.60. The monoisotopic (exact) mass is 228 g/mol. The fourth-order valence-corrected chi connectivity index (χ4v) is 1.45. The van der Waals surface area contributed by atoms with Gasteiger partial charge in [0.1, 0.15) is 5.78 Å². The van der Waals surface area contributed by atoms with Crippen molar-refractivity contribution in [2.24, 2.45) is 0 Å². The molecular weight excluding hydrogens is 204 g/mol. The van der Waals surface area contributed by atoms with Crippen molar-refractivity contribution in [3.63, 3.8) is 0 Å². The largest absolute Gasteiger partial charge is 0.356 e. The second-order valence-electron chi connectivity index (χ2n) is 3.93. The molecule has 0 heterocycles. The lowest BCUT2D eigenvalue weighted by Gasteiger charge is -2.17. The smallest absolute Gasteiger partial charge is 0.220 e. The van der Waals surface area contributed by atoms with Crippen LogP contribution >= 0.6 is 0 Å². The van der Waals surface area contributed by atoms with Gasteiger partial charge in [-0.2, -0.15) is 0 Å². The number of hydrogen-bond donors (Lipinski definition) is 1. The number of hydrogen-bond acceptors (Lipinski definition) is 3. The molecule has 0 radical (unpaired) electrons. The lowest BCUT2D eigenvalue weighted by Crippen LogP contribution is -2.29. The van der Waals surface area contributed by atoms with E-state index in [-0.39, 0.29) is 11.7 Å². The third-order valence-corrected chi connectivity index (χ3v) is 2.57. The third-order valence-electron chi connectivity index (χ3n) is 2.57. The number of rotatable bonds is 9. The molecule has 0 rings (SSSR count). The van der Waals surface area contributed by atoms with Gasteiger partial charge in [0.2, 0.25) is 5.91 Å². The lowest BCUT2D eigenvalue weighted by molar-refractivity contribution is -0.124. The van der Waals surface area contributed by atoms with E-state index < -0.39 is 0 Å². The molecule has 0 saturated heterocycles. The molecule has 0 fully saturated rings. The predicted octanol–water partition coefficient (Wildman–Crippen LogP) is 1.20. The van der Waals surface area contributed by atoms with Gasteiger partial charge in [-0.05, 0) is 33.0 Å². The third kappa shape index (κ3) is 8.41. The summed E-state index contributed by atoms with van der Waals surface area (Å²) in [5.41, 5.74) is 0. The van der Waals surface area contributed by atoms with Gasteiger partial charge in [-0.15, -0.1) is 0 Å². The fourth-order valence-electron chi connectivity index (χ4n) is 1.45. The summed E-state index contributed by atoms with van der Waals surface area (Å²) in [5.74, 6) is 0.0491. The molecule has 0 aromatic carbocycles. The standard InChI is InChI=1S/C12H24N2O2/c1-4-14(5-2)10-6-9-13-12(16)8-7-11(3)15/h4-10H2,1-3H3,(H,13,16). The van der Waals surface area contributed by atoms with Gasteiger partial charge >= 0.3 is 0 Å². The van der Waals surface area contributed by atoms with Crippen molar-refractivity contribution in [2.45, 2.75) is 40.0 Å². The average Bonchev–Trinajstić information content (AvgIpc) is 2.26. The Morgan fingerprint density at radius 3 is 2.25 bits per heavy atom. The van der Waals surface area contributed by atoms with Crippen LogP contribution in [-0.2, 0) is 9.59 Å². The Morgan fingerprint density at radius 2 is 1.75 bits per heavy atom. The van der Waals surface area contributed by atoms with E-state index in [0.29, 0.717) is 19.4 Å². The first kappa shape index (κ1) is 15.1. The zero-order valence-corrected chi connectivity index (χ0v) is 10.7. The minimum atomic E-state index is -0.0188. The Morgan fingerprint density at radius 1 is 1.12 bits per heavy atom. The van der Waals surface area contributed by atoms with Gasteiger partial charge in [0.05, 0.1) is 0 Å². The van der Waals surface area contributed by atoms with E-state index in [2.05, 4.69) is 24.1 Å². The van der Waals surface area contributed by atoms with Crippen LogP contribution in [0.25, 0.3) is 0 Å². The minimum absolute atomic E-state index is 0.0188. The molecule has 0 aliphatic heterocycles. The van der Waals surface area contributed by atoms with E-state index in [1.807, 2.05) is 0 Å². The van der Waals surface area contributed by atoms with E-state index >= 15 is 0 Å². The zero-order chi connectivity index (χ0) is 12.4. The van der Waals surface area contributed by atoms with Crippen LogP contribution in [0.2, 0.25) is 0 Å². The van der Waals surface area contributed by atoms with Crippen molar-refractivity contribution in [3.8, 4) is 0 Å². The molecule has 94 valence electrons. The van der Waals surface area contributed by atoms with Crippen LogP contribution in [0.4, 0.5) is 0 Å². The maximum atomic E-state index is 11.3. The van der Waals surface area contributed by atoms with E-state index in [1.54, 1.807) is 0 Å². The van der Waals surface area contributed by atoms with Crippen molar-refractivity contribution in [1.82, 2.24) is 10.2 Å². The first-order valence-electron chi connectivity index (χ1n) is 6.08. The number of amides is 1. The first-order valence-corrected chi connectivity index (χ1v) is 6.08. The van der Waals surface area contributed by atoms with Crippen LogP contribution in [0.1, 0.15) is 40.0 Å². The van der Waals surface area contributed by atoms with Crippen molar-refractivity contribution in [3.05, 3.63) is 0 Å². The molecule has 16 heavy (non-hydrogen) atoms. The van der Waals surface area contributed by atoms with Crippen LogP contribution in [-0.4, -0.2) is 42.8 Å². The maximum absolute atomic E-state index is 11.3.